The van der Waals surface area contributed by atoms with Gasteiger partial charge in [0, 0.05) is 0 Å². The number of carbonyl (C=O) groups is 1. The topological polar surface area (TPSA) is 57.5 Å². The van der Waals surface area contributed by atoms with Crippen LogP contribution in [-0.4, -0.2) is 16.2 Å². The van der Waals surface area contributed by atoms with Gasteiger partial charge in [-0.05, 0) is 30.2 Å². The Morgan fingerprint density at radius 2 is 1.86 bits per heavy atom. The van der Waals surface area contributed by atoms with Gasteiger partial charge in [-0.2, -0.15) is 0 Å². The number of aryl methyl sites for hydroxylation is 1. The van der Waals surface area contributed by atoms with Gasteiger partial charge in [-0.25, -0.2) is 4.79 Å². The fraction of sp³-hybridized carbons (Fsp3) is 0.222. The van der Waals surface area contributed by atoms with Crippen LogP contribution in [0.25, 0.3) is 0 Å². The Kier molecular flexibility index (Phi) is 3.37. The molecule has 1 atom stereocenters. The zero-order chi connectivity index (χ0) is 10.9. The van der Waals surface area contributed by atoms with Gasteiger partial charge < -0.3 is 10.2 Å². The second-order valence-corrected chi connectivity index (χ2v) is 3.68. The zero-order valence-electron chi connectivity index (χ0n) is 7.29. The predicted molar refractivity (Wildman–Crippen MR) is 53.8 cm³/mol. The summed E-state index contributed by atoms with van der Waals surface area (Å²) < 4.78 is 0. The first-order valence-electron chi connectivity index (χ1n) is 3.80. The van der Waals surface area contributed by atoms with Crippen molar-refractivity contribution < 1.29 is 15.0 Å². The molecular weight excluding hydrogens is 227 g/mol. The van der Waals surface area contributed by atoms with Crippen molar-refractivity contribution in [2.45, 2.75) is 13.0 Å². The first-order valence-corrected chi connectivity index (χ1v) is 4.55. The largest absolute Gasteiger partial charge is 0.479 e. The number of carboxylic acids is 1. The fourth-order valence-electron chi connectivity index (χ4n) is 1.09. The van der Waals surface area contributed by atoms with E-state index in [0.717, 1.165) is 0 Å². The number of aliphatic hydroxyl groups is 1. The Morgan fingerprint density at radius 3 is 2.36 bits per heavy atom. The van der Waals surface area contributed by atoms with E-state index in [4.69, 9.17) is 28.3 Å². The molecule has 0 radical (unpaired) electrons. The Morgan fingerprint density at radius 1 is 1.36 bits per heavy atom. The Hall–Kier alpha value is -0.770. The fourth-order valence-corrected chi connectivity index (χ4v) is 1.48. The maximum atomic E-state index is 10.5. The van der Waals surface area contributed by atoms with Crippen LogP contribution in [0, 0.1) is 6.92 Å². The molecule has 0 saturated heterocycles. The molecule has 0 amide bonds. The van der Waals surface area contributed by atoms with E-state index >= 15 is 0 Å². The summed E-state index contributed by atoms with van der Waals surface area (Å²) >= 11 is 11.4. The maximum absolute atomic E-state index is 10.5. The quantitative estimate of drug-likeness (QED) is 0.827. The number of carboxylic acid groups (broad SMARTS) is 1. The summed E-state index contributed by atoms with van der Waals surface area (Å²) in [5, 5.41) is 18.5. The van der Waals surface area contributed by atoms with Crippen molar-refractivity contribution in [2.75, 3.05) is 0 Å². The summed E-state index contributed by atoms with van der Waals surface area (Å²) in [6, 6.07) is 2.88. The minimum atomic E-state index is -1.57. The highest BCUT2D eigenvalue weighted by Crippen LogP contribution is 2.28. The average molecular weight is 235 g/mol. The number of benzene rings is 1. The molecule has 1 rings (SSSR count). The average Bonchev–Trinajstić information content (AvgIpc) is 2.10. The van der Waals surface area contributed by atoms with Crippen LogP contribution in [0.3, 0.4) is 0 Å². The van der Waals surface area contributed by atoms with E-state index in [0.29, 0.717) is 10.6 Å². The molecule has 0 heterocycles. The standard InChI is InChI=1S/C9H8Cl2O3/c1-4-2-6(10)7(11)3-5(4)8(12)9(13)14/h2-3,8,12H,1H3,(H,13,14)/t8-/m1/s1. The number of aliphatic carboxylic acids is 1. The van der Waals surface area contributed by atoms with Crippen LogP contribution in [0.15, 0.2) is 12.1 Å². The number of hydrogen-bond donors (Lipinski definition) is 2. The Labute approximate surface area is 90.9 Å². The van der Waals surface area contributed by atoms with E-state index < -0.39 is 12.1 Å². The van der Waals surface area contributed by atoms with Crippen LogP contribution in [-0.2, 0) is 4.79 Å². The molecule has 14 heavy (non-hydrogen) atoms. The molecule has 1 aromatic carbocycles. The summed E-state index contributed by atoms with van der Waals surface area (Å²) in [6.45, 7) is 1.66. The van der Waals surface area contributed by atoms with E-state index in [2.05, 4.69) is 0 Å². The lowest BCUT2D eigenvalue weighted by molar-refractivity contribution is -0.147. The lowest BCUT2D eigenvalue weighted by Gasteiger charge is -2.10. The molecule has 3 nitrogen and oxygen atoms in total. The summed E-state index contributed by atoms with van der Waals surface area (Å²) in [4.78, 5) is 10.5. The van der Waals surface area contributed by atoms with Crippen LogP contribution >= 0.6 is 23.2 Å². The number of aliphatic hydroxyl groups excluding tert-OH is 1. The van der Waals surface area contributed by atoms with Crippen LogP contribution < -0.4 is 0 Å². The van der Waals surface area contributed by atoms with Crippen LogP contribution in [0.2, 0.25) is 10.0 Å². The Balaban J connectivity index is 3.22. The third kappa shape index (κ3) is 2.18. The van der Waals surface area contributed by atoms with Crippen molar-refractivity contribution in [3.8, 4) is 0 Å². The summed E-state index contributed by atoms with van der Waals surface area (Å²) in [5.41, 5.74) is 0.848. The van der Waals surface area contributed by atoms with Gasteiger partial charge in [-0.3, -0.25) is 0 Å². The summed E-state index contributed by atoms with van der Waals surface area (Å²) in [7, 11) is 0. The van der Waals surface area contributed by atoms with Crippen molar-refractivity contribution in [1.29, 1.82) is 0 Å². The zero-order valence-corrected chi connectivity index (χ0v) is 8.80. The van der Waals surface area contributed by atoms with Gasteiger partial charge in [0.2, 0.25) is 0 Å². The molecule has 76 valence electrons. The summed E-state index contributed by atoms with van der Waals surface area (Å²) in [5.74, 6) is -1.31. The molecule has 0 aliphatic carbocycles. The first kappa shape index (κ1) is 11.3. The highest BCUT2D eigenvalue weighted by Gasteiger charge is 2.19. The molecule has 0 bridgehead atoms. The van der Waals surface area contributed by atoms with Gasteiger partial charge in [0.05, 0.1) is 10.0 Å². The number of rotatable bonds is 2. The molecule has 2 N–H and O–H groups in total. The van der Waals surface area contributed by atoms with Gasteiger partial charge in [0.1, 0.15) is 0 Å². The monoisotopic (exact) mass is 234 g/mol. The second-order valence-electron chi connectivity index (χ2n) is 2.86. The van der Waals surface area contributed by atoms with E-state index in [1.807, 2.05) is 0 Å². The maximum Gasteiger partial charge on any atom is 0.337 e. The van der Waals surface area contributed by atoms with E-state index in [-0.39, 0.29) is 10.6 Å². The van der Waals surface area contributed by atoms with Crippen LogP contribution in [0.4, 0.5) is 0 Å². The molecule has 0 unspecified atom stereocenters. The normalized spacial score (nSPS) is 12.6. The smallest absolute Gasteiger partial charge is 0.337 e. The molecule has 0 fully saturated rings. The van der Waals surface area contributed by atoms with Gasteiger partial charge in [-0.15, -0.1) is 0 Å². The number of hydrogen-bond acceptors (Lipinski definition) is 2. The lowest BCUT2D eigenvalue weighted by Crippen LogP contribution is -2.11. The van der Waals surface area contributed by atoms with E-state index in [1.165, 1.54) is 12.1 Å². The van der Waals surface area contributed by atoms with Gasteiger partial charge in [-0.1, -0.05) is 23.2 Å². The van der Waals surface area contributed by atoms with Crippen LogP contribution in [0.5, 0.6) is 0 Å². The Bertz CT molecular complexity index is 377. The molecule has 0 aliphatic rings. The van der Waals surface area contributed by atoms with Crippen molar-refractivity contribution in [2.24, 2.45) is 0 Å². The van der Waals surface area contributed by atoms with E-state index in [9.17, 15) is 9.90 Å². The molecule has 1 aromatic rings. The van der Waals surface area contributed by atoms with E-state index in [1.54, 1.807) is 6.92 Å². The highest BCUT2D eigenvalue weighted by atomic mass is 35.5. The minimum absolute atomic E-state index is 0.229. The third-order valence-corrected chi connectivity index (χ3v) is 2.56. The third-order valence-electron chi connectivity index (χ3n) is 1.84. The second kappa shape index (κ2) is 4.17. The summed E-state index contributed by atoms with van der Waals surface area (Å²) in [6.07, 6.45) is -1.57. The van der Waals surface area contributed by atoms with Gasteiger partial charge in [0.25, 0.3) is 0 Å². The predicted octanol–water partition coefficient (Wildman–Crippen LogP) is 2.42. The molecule has 0 aromatic heterocycles. The van der Waals surface area contributed by atoms with Crippen molar-refractivity contribution >= 4 is 29.2 Å². The van der Waals surface area contributed by atoms with Crippen LogP contribution in [0.1, 0.15) is 17.2 Å². The SMILES string of the molecule is Cc1cc(Cl)c(Cl)cc1[C@@H](O)C(=O)O. The highest BCUT2D eigenvalue weighted by molar-refractivity contribution is 6.42. The van der Waals surface area contributed by atoms with Crippen molar-refractivity contribution in [3.63, 3.8) is 0 Å². The lowest BCUT2D eigenvalue weighted by atomic mass is 10.0. The molecule has 5 heteroatoms. The molecule has 0 aliphatic heterocycles. The number of halogens is 2. The minimum Gasteiger partial charge on any atom is -0.479 e. The van der Waals surface area contributed by atoms with Crippen molar-refractivity contribution in [3.05, 3.63) is 33.3 Å². The molecule has 0 spiro atoms. The van der Waals surface area contributed by atoms with Crippen molar-refractivity contribution in [1.82, 2.24) is 0 Å². The van der Waals surface area contributed by atoms with Gasteiger partial charge in [0.15, 0.2) is 6.10 Å². The van der Waals surface area contributed by atoms with Gasteiger partial charge >= 0.3 is 5.97 Å². The molecule has 0 saturated carbocycles. The first-order chi connectivity index (χ1) is 6.43. The molecular formula is C9H8Cl2O3.